The second kappa shape index (κ2) is 7.11. The van der Waals surface area contributed by atoms with Crippen LogP contribution in [0.1, 0.15) is 5.69 Å². The number of halogens is 2. The molecule has 2 aromatic carbocycles. The van der Waals surface area contributed by atoms with Crippen molar-refractivity contribution in [1.82, 2.24) is 9.97 Å². The molecule has 0 amide bonds. The molecule has 0 bridgehead atoms. The minimum atomic E-state index is -3.90. The lowest BCUT2D eigenvalue weighted by atomic mass is 10.1. The molecule has 0 spiro atoms. The molecule has 0 aliphatic rings. The Kier molecular flexibility index (Phi) is 5.04. The number of nitrogen functional groups attached to an aromatic ring is 1. The Hall–Kier alpha value is -2.35. The van der Waals surface area contributed by atoms with Gasteiger partial charge in [0.15, 0.2) is 0 Å². The zero-order chi connectivity index (χ0) is 18.9. The van der Waals surface area contributed by atoms with Crippen LogP contribution in [0.15, 0.2) is 53.6 Å². The standard InChI is InChI=1S/C17H14Cl2N4O2S/c1-10-14(9-21-17(20)22-10)11-2-7-15(19)16(8-11)26(24,25)23-13-5-3-12(18)4-6-13/h2-9,23H,1H3,(H2,20,21,22). The third-order valence-corrected chi connectivity index (χ3v) is 5.74. The molecule has 0 aliphatic carbocycles. The highest BCUT2D eigenvalue weighted by molar-refractivity contribution is 7.92. The first-order valence-corrected chi connectivity index (χ1v) is 9.67. The van der Waals surface area contributed by atoms with Crippen LogP contribution in [0.3, 0.4) is 0 Å². The van der Waals surface area contributed by atoms with Crippen LogP contribution in [0.5, 0.6) is 0 Å². The molecule has 1 heterocycles. The van der Waals surface area contributed by atoms with Crippen molar-refractivity contribution < 1.29 is 8.42 Å². The van der Waals surface area contributed by atoms with E-state index in [9.17, 15) is 8.42 Å². The molecule has 6 nitrogen and oxygen atoms in total. The van der Waals surface area contributed by atoms with Gasteiger partial charge in [0.2, 0.25) is 5.95 Å². The molecule has 9 heteroatoms. The van der Waals surface area contributed by atoms with E-state index in [2.05, 4.69) is 14.7 Å². The van der Waals surface area contributed by atoms with Gasteiger partial charge in [0.1, 0.15) is 4.90 Å². The Balaban J connectivity index is 2.02. The molecule has 0 atom stereocenters. The summed E-state index contributed by atoms with van der Waals surface area (Å²) in [4.78, 5) is 8.01. The van der Waals surface area contributed by atoms with Crippen molar-refractivity contribution in [3.63, 3.8) is 0 Å². The quantitative estimate of drug-likeness (QED) is 0.675. The fourth-order valence-corrected chi connectivity index (χ4v) is 4.08. The topological polar surface area (TPSA) is 98.0 Å². The Labute approximate surface area is 161 Å². The number of hydrogen-bond acceptors (Lipinski definition) is 5. The largest absolute Gasteiger partial charge is 0.368 e. The summed E-state index contributed by atoms with van der Waals surface area (Å²) in [6.45, 7) is 1.77. The van der Waals surface area contributed by atoms with E-state index in [-0.39, 0.29) is 15.9 Å². The van der Waals surface area contributed by atoms with Gasteiger partial charge < -0.3 is 5.73 Å². The molecule has 0 fully saturated rings. The minimum absolute atomic E-state index is 0.0529. The van der Waals surface area contributed by atoms with Gasteiger partial charge in [-0.1, -0.05) is 29.3 Å². The number of rotatable bonds is 4. The zero-order valence-corrected chi connectivity index (χ0v) is 15.9. The number of benzene rings is 2. The maximum atomic E-state index is 12.8. The summed E-state index contributed by atoms with van der Waals surface area (Å²) >= 11 is 12.0. The van der Waals surface area contributed by atoms with Crippen molar-refractivity contribution in [3.8, 4) is 11.1 Å². The second-order valence-electron chi connectivity index (χ2n) is 5.48. The van der Waals surface area contributed by atoms with Crippen LogP contribution in [0, 0.1) is 6.92 Å². The normalized spacial score (nSPS) is 11.3. The van der Waals surface area contributed by atoms with E-state index in [1.807, 2.05) is 0 Å². The fourth-order valence-electron chi connectivity index (χ4n) is 2.37. The van der Waals surface area contributed by atoms with Crippen molar-refractivity contribution in [2.75, 3.05) is 10.5 Å². The summed E-state index contributed by atoms with van der Waals surface area (Å²) in [5.41, 5.74) is 7.86. The van der Waals surface area contributed by atoms with Crippen molar-refractivity contribution in [2.45, 2.75) is 11.8 Å². The van der Waals surface area contributed by atoms with Gasteiger partial charge in [-0.2, -0.15) is 0 Å². The number of nitrogens with zero attached hydrogens (tertiary/aromatic N) is 2. The maximum absolute atomic E-state index is 12.8. The molecular weight excluding hydrogens is 395 g/mol. The summed E-state index contributed by atoms with van der Waals surface area (Å²) in [5, 5.41) is 0.607. The molecule has 0 saturated carbocycles. The Morgan fingerprint density at radius 3 is 2.42 bits per heavy atom. The summed E-state index contributed by atoms with van der Waals surface area (Å²) < 4.78 is 28.0. The number of sulfonamides is 1. The highest BCUT2D eigenvalue weighted by Crippen LogP contribution is 2.30. The van der Waals surface area contributed by atoms with Crippen LogP contribution in [0.2, 0.25) is 10.0 Å². The van der Waals surface area contributed by atoms with Gasteiger partial charge in [-0.05, 0) is 48.9 Å². The number of aromatic nitrogens is 2. The highest BCUT2D eigenvalue weighted by atomic mass is 35.5. The van der Waals surface area contributed by atoms with Gasteiger partial charge >= 0.3 is 0 Å². The van der Waals surface area contributed by atoms with Crippen molar-refractivity contribution in [2.24, 2.45) is 0 Å². The lowest BCUT2D eigenvalue weighted by molar-refractivity contribution is 0.601. The van der Waals surface area contributed by atoms with E-state index in [1.54, 1.807) is 43.5 Å². The second-order valence-corrected chi connectivity index (χ2v) is 7.98. The van der Waals surface area contributed by atoms with Gasteiger partial charge in [0.05, 0.1) is 10.7 Å². The van der Waals surface area contributed by atoms with Crippen molar-refractivity contribution >= 4 is 44.9 Å². The van der Waals surface area contributed by atoms with Crippen LogP contribution < -0.4 is 10.5 Å². The van der Waals surface area contributed by atoms with Crippen LogP contribution >= 0.6 is 23.2 Å². The molecule has 3 aromatic rings. The number of anilines is 2. The van der Waals surface area contributed by atoms with Gasteiger partial charge in [0.25, 0.3) is 10.0 Å². The molecule has 3 N–H and O–H groups in total. The molecule has 134 valence electrons. The average molecular weight is 409 g/mol. The summed E-state index contributed by atoms with van der Waals surface area (Å²) in [6.07, 6.45) is 1.55. The lowest BCUT2D eigenvalue weighted by Crippen LogP contribution is -2.13. The minimum Gasteiger partial charge on any atom is -0.368 e. The average Bonchev–Trinajstić information content (AvgIpc) is 2.57. The summed E-state index contributed by atoms with van der Waals surface area (Å²) in [7, 11) is -3.90. The molecule has 1 aromatic heterocycles. The maximum Gasteiger partial charge on any atom is 0.263 e. The van der Waals surface area contributed by atoms with Crippen LogP contribution in [0.25, 0.3) is 11.1 Å². The number of hydrogen-bond donors (Lipinski definition) is 2. The molecule has 0 unspecified atom stereocenters. The van der Waals surface area contributed by atoms with E-state index in [0.717, 1.165) is 0 Å². The monoisotopic (exact) mass is 408 g/mol. The zero-order valence-electron chi connectivity index (χ0n) is 13.6. The molecule has 0 aliphatic heterocycles. The fraction of sp³-hybridized carbons (Fsp3) is 0.0588. The van der Waals surface area contributed by atoms with E-state index in [0.29, 0.717) is 27.5 Å². The summed E-state index contributed by atoms with van der Waals surface area (Å²) in [5.74, 6) is 0.150. The molecule has 3 rings (SSSR count). The van der Waals surface area contributed by atoms with E-state index >= 15 is 0 Å². The number of nitrogens with one attached hydrogen (secondary N) is 1. The molecule has 0 radical (unpaired) electrons. The highest BCUT2D eigenvalue weighted by Gasteiger charge is 2.20. The molecule has 26 heavy (non-hydrogen) atoms. The molecule has 0 saturated heterocycles. The SMILES string of the molecule is Cc1nc(N)ncc1-c1ccc(Cl)c(S(=O)(=O)Nc2ccc(Cl)cc2)c1. The van der Waals surface area contributed by atoms with E-state index in [4.69, 9.17) is 28.9 Å². The van der Waals surface area contributed by atoms with Crippen LogP contribution in [-0.4, -0.2) is 18.4 Å². The predicted molar refractivity (Wildman–Crippen MR) is 104 cm³/mol. The van der Waals surface area contributed by atoms with Crippen molar-refractivity contribution in [1.29, 1.82) is 0 Å². The lowest BCUT2D eigenvalue weighted by Gasteiger charge is -2.12. The van der Waals surface area contributed by atoms with Crippen molar-refractivity contribution in [3.05, 3.63) is 64.4 Å². The third-order valence-electron chi connectivity index (χ3n) is 3.63. The van der Waals surface area contributed by atoms with Gasteiger partial charge in [0, 0.05) is 22.5 Å². The first kappa shape index (κ1) is 18.4. The Morgan fingerprint density at radius 1 is 1.08 bits per heavy atom. The Bertz CT molecular complexity index is 1070. The molecular formula is C17H14Cl2N4O2S. The number of nitrogens with two attached hydrogens (primary N) is 1. The van der Waals surface area contributed by atoms with Gasteiger partial charge in [-0.3, -0.25) is 4.72 Å². The third kappa shape index (κ3) is 3.90. The van der Waals surface area contributed by atoms with E-state index in [1.165, 1.54) is 12.1 Å². The summed E-state index contributed by atoms with van der Waals surface area (Å²) in [6, 6.07) is 11.0. The van der Waals surface area contributed by atoms with Crippen LogP contribution in [-0.2, 0) is 10.0 Å². The number of aryl methyl sites for hydroxylation is 1. The Morgan fingerprint density at radius 2 is 1.77 bits per heavy atom. The first-order valence-electron chi connectivity index (χ1n) is 7.44. The van der Waals surface area contributed by atoms with Gasteiger partial charge in [-0.25, -0.2) is 18.4 Å². The van der Waals surface area contributed by atoms with E-state index < -0.39 is 10.0 Å². The van der Waals surface area contributed by atoms with Crippen LogP contribution in [0.4, 0.5) is 11.6 Å². The first-order chi connectivity index (χ1) is 12.3. The van der Waals surface area contributed by atoms with Gasteiger partial charge in [-0.15, -0.1) is 0 Å². The smallest absolute Gasteiger partial charge is 0.263 e. The predicted octanol–water partition coefficient (Wildman–Crippen LogP) is 4.14.